The molecule has 0 saturated carbocycles. The summed E-state index contributed by atoms with van der Waals surface area (Å²) in [6.07, 6.45) is 1.33. The van der Waals surface area contributed by atoms with Crippen LogP contribution in [0, 0.1) is 0 Å². The van der Waals surface area contributed by atoms with E-state index in [0.29, 0.717) is 9.04 Å². The molecule has 0 fully saturated rings. The lowest BCUT2D eigenvalue weighted by atomic mass is 10.2. The topological polar surface area (TPSA) is 0 Å². The maximum atomic E-state index is 2.48. The van der Waals surface area contributed by atoms with Gasteiger partial charge >= 0.3 is 0 Å². The van der Waals surface area contributed by atoms with Gasteiger partial charge in [0.25, 0.3) is 0 Å². The third-order valence-electron chi connectivity index (χ3n) is 2.09. The van der Waals surface area contributed by atoms with Gasteiger partial charge < -0.3 is 0 Å². The van der Waals surface area contributed by atoms with Crippen molar-refractivity contribution in [2.45, 2.75) is 25.6 Å². The first-order valence-corrected chi connectivity index (χ1v) is 11.4. The predicted octanol–water partition coefficient (Wildman–Crippen LogP) is 1.80. The number of rotatable bonds is 4. The summed E-state index contributed by atoms with van der Waals surface area (Å²) in [4.78, 5) is 0. The first-order chi connectivity index (χ1) is 5.79. The van der Waals surface area contributed by atoms with Crippen LogP contribution in [0.5, 0.6) is 0 Å². The van der Waals surface area contributed by atoms with Crippen molar-refractivity contribution in [1.29, 1.82) is 0 Å². The Labute approximate surface area is 79.2 Å². The Bertz CT molecular complexity index is 206. The van der Waals surface area contributed by atoms with E-state index >= 15 is 0 Å². The lowest BCUT2D eigenvalue weighted by Crippen LogP contribution is -2.12. The van der Waals surface area contributed by atoms with Gasteiger partial charge in [0.2, 0.25) is 0 Å². The summed E-state index contributed by atoms with van der Waals surface area (Å²) in [6, 6.07) is 12.4. The molecule has 12 heavy (non-hydrogen) atoms. The number of hydrogen-bond acceptors (Lipinski definition) is 0. The van der Waals surface area contributed by atoms with Crippen LogP contribution in [0.2, 0.25) is 19.1 Å². The molecule has 0 saturated heterocycles. The van der Waals surface area contributed by atoms with Crippen LogP contribution >= 0.6 is 0 Å². The Hall–Kier alpha value is -0.346. The molecule has 0 atom stereocenters. The van der Waals surface area contributed by atoms with Gasteiger partial charge in [-0.2, -0.15) is 0 Å². The average Bonchev–Trinajstić information content (AvgIpc) is 2.05. The van der Waals surface area contributed by atoms with Crippen LogP contribution in [0.3, 0.4) is 0 Å². The number of aryl methyl sites for hydroxylation is 1. The summed E-state index contributed by atoms with van der Waals surface area (Å²) in [5.74, 6) is 0. The molecule has 1 aromatic carbocycles. The van der Waals surface area contributed by atoms with E-state index in [-0.39, 0.29) is 8.31 Å². The molecule has 0 unspecified atom stereocenters. The van der Waals surface area contributed by atoms with E-state index in [2.05, 4.69) is 43.4 Å². The van der Waals surface area contributed by atoms with E-state index in [1.54, 1.807) is 0 Å². The van der Waals surface area contributed by atoms with E-state index in [0.717, 1.165) is 0 Å². The van der Waals surface area contributed by atoms with Crippen LogP contribution < -0.4 is 0 Å². The van der Waals surface area contributed by atoms with Crippen molar-refractivity contribution < 1.29 is 0 Å². The Morgan fingerprint density at radius 3 is 2.42 bits per heavy atom. The minimum atomic E-state index is -0.173. The maximum Gasteiger partial charge on any atom is 0.0180 e. The minimum Gasteiger partial charge on any atom is -0.0745 e. The van der Waals surface area contributed by atoms with E-state index in [1.807, 2.05) is 0 Å². The van der Waals surface area contributed by atoms with E-state index in [9.17, 15) is 0 Å². The minimum absolute atomic E-state index is 0.173. The lowest BCUT2D eigenvalue weighted by Gasteiger charge is -2.01. The highest BCUT2D eigenvalue weighted by molar-refractivity contribution is 7.11. The molecule has 0 aliphatic carbocycles. The zero-order valence-electron chi connectivity index (χ0n) is 8.09. The molecule has 0 spiro atoms. The van der Waals surface area contributed by atoms with Crippen LogP contribution in [0.15, 0.2) is 30.3 Å². The standard InChI is InChI=1S/C10H18Si2/c1-12(2)11-9-8-10-6-4-3-5-7-10/h3-7,12H,8-9,11H2,1-2H3. The SMILES string of the molecule is C[SiH](C)[SiH2]CCc1ccccc1. The van der Waals surface area contributed by atoms with Crippen LogP contribution in [-0.2, 0) is 6.42 Å². The molecule has 66 valence electrons. The van der Waals surface area contributed by atoms with Crippen molar-refractivity contribution in [3.63, 3.8) is 0 Å². The van der Waals surface area contributed by atoms with Crippen molar-refractivity contribution in [2.75, 3.05) is 0 Å². The summed E-state index contributed by atoms with van der Waals surface area (Å²) < 4.78 is 0. The van der Waals surface area contributed by atoms with Gasteiger partial charge in [0.05, 0.1) is 0 Å². The van der Waals surface area contributed by atoms with Crippen molar-refractivity contribution >= 4 is 17.4 Å². The molecule has 0 nitrogen and oxygen atoms in total. The fourth-order valence-electron chi connectivity index (χ4n) is 1.36. The van der Waals surface area contributed by atoms with Crippen LogP contribution in [0.1, 0.15) is 5.56 Å². The second kappa shape index (κ2) is 5.33. The molecule has 0 aliphatic heterocycles. The Morgan fingerprint density at radius 1 is 1.17 bits per heavy atom. The zero-order valence-corrected chi connectivity index (χ0v) is 10.7. The van der Waals surface area contributed by atoms with Gasteiger partial charge in [-0.05, 0) is 12.0 Å². The Morgan fingerprint density at radius 2 is 1.83 bits per heavy atom. The second-order valence-electron chi connectivity index (χ2n) is 3.77. The average molecular weight is 194 g/mol. The Balaban J connectivity index is 2.25. The third-order valence-corrected chi connectivity index (χ3v) is 8.70. The van der Waals surface area contributed by atoms with Gasteiger partial charge in [-0.15, -0.1) is 0 Å². The smallest absolute Gasteiger partial charge is 0.0180 e. The summed E-state index contributed by atoms with van der Waals surface area (Å²) in [5, 5.41) is 0. The molecule has 1 rings (SSSR count). The first-order valence-electron chi connectivity index (χ1n) is 4.83. The maximum absolute atomic E-state index is 2.48. The molecule has 0 radical (unpaired) electrons. The molecule has 0 aromatic heterocycles. The number of hydrogen-bond donors (Lipinski definition) is 0. The second-order valence-corrected chi connectivity index (χ2v) is 14.5. The Kier molecular flexibility index (Phi) is 4.32. The van der Waals surface area contributed by atoms with Gasteiger partial charge in [0.1, 0.15) is 0 Å². The van der Waals surface area contributed by atoms with Gasteiger partial charge in [-0.1, -0.05) is 49.5 Å². The van der Waals surface area contributed by atoms with E-state index in [4.69, 9.17) is 0 Å². The highest BCUT2D eigenvalue weighted by Gasteiger charge is 1.96. The van der Waals surface area contributed by atoms with Crippen LogP contribution in [0.25, 0.3) is 0 Å². The lowest BCUT2D eigenvalue weighted by molar-refractivity contribution is 1.13. The highest BCUT2D eigenvalue weighted by atomic mass is 29.2. The molecule has 1 aromatic rings. The van der Waals surface area contributed by atoms with Crippen molar-refractivity contribution in [2.24, 2.45) is 0 Å². The molecular weight excluding hydrogens is 176 g/mol. The first kappa shape index (κ1) is 9.74. The summed E-state index contributed by atoms with van der Waals surface area (Å²) in [7, 11) is 0.168. The molecule has 0 amide bonds. The molecular formula is C10H18Si2. The number of benzene rings is 1. The molecule has 2 heteroatoms. The molecule has 0 aliphatic rings. The van der Waals surface area contributed by atoms with Crippen LogP contribution in [-0.4, -0.2) is 17.4 Å². The monoisotopic (exact) mass is 194 g/mol. The molecule has 0 bridgehead atoms. The summed E-state index contributed by atoms with van der Waals surface area (Å²) in [6.45, 7) is 4.97. The molecule has 0 N–H and O–H groups in total. The normalized spacial score (nSPS) is 11.6. The fraction of sp³-hybridized carbons (Fsp3) is 0.400. The van der Waals surface area contributed by atoms with Crippen molar-refractivity contribution in [1.82, 2.24) is 0 Å². The van der Waals surface area contributed by atoms with Crippen LogP contribution in [0.4, 0.5) is 0 Å². The highest BCUT2D eigenvalue weighted by Crippen LogP contribution is 2.02. The van der Waals surface area contributed by atoms with Gasteiger partial charge in [0.15, 0.2) is 0 Å². The molecule has 0 heterocycles. The van der Waals surface area contributed by atoms with E-state index < -0.39 is 0 Å². The summed E-state index contributed by atoms with van der Waals surface area (Å²) >= 11 is 0. The predicted molar refractivity (Wildman–Crippen MR) is 62.4 cm³/mol. The quantitative estimate of drug-likeness (QED) is 0.641. The van der Waals surface area contributed by atoms with Gasteiger partial charge in [0, 0.05) is 17.4 Å². The fourth-order valence-corrected chi connectivity index (χ4v) is 5.85. The van der Waals surface area contributed by atoms with Crippen molar-refractivity contribution in [3.05, 3.63) is 35.9 Å². The summed E-state index contributed by atoms with van der Waals surface area (Å²) in [5.41, 5.74) is 1.53. The third kappa shape index (κ3) is 3.88. The zero-order chi connectivity index (χ0) is 8.81. The van der Waals surface area contributed by atoms with Crippen molar-refractivity contribution in [3.8, 4) is 0 Å². The van der Waals surface area contributed by atoms with Gasteiger partial charge in [-0.3, -0.25) is 0 Å². The largest absolute Gasteiger partial charge is 0.0745 e. The van der Waals surface area contributed by atoms with Gasteiger partial charge in [-0.25, -0.2) is 0 Å². The van der Waals surface area contributed by atoms with E-state index in [1.165, 1.54) is 18.0 Å².